The van der Waals surface area contributed by atoms with Gasteiger partial charge in [0.15, 0.2) is 0 Å². The van der Waals surface area contributed by atoms with Crippen molar-refractivity contribution < 1.29 is 13.6 Å². The van der Waals surface area contributed by atoms with E-state index in [0.29, 0.717) is 24.4 Å². The van der Waals surface area contributed by atoms with Gasteiger partial charge in [-0.05, 0) is 25.8 Å². The summed E-state index contributed by atoms with van der Waals surface area (Å²) >= 11 is 0.801. The van der Waals surface area contributed by atoms with Crippen LogP contribution in [0.3, 0.4) is 0 Å². The van der Waals surface area contributed by atoms with E-state index in [9.17, 15) is 18.4 Å². The lowest BCUT2D eigenvalue weighted by molar-refractivity contribution is -0.124. The Bertz CT molecular complexity index is 840. The smallest absolute Gasteiger partial charge is 0.272 e. The number of hydrogen-bond acceptors (Lipinski definition) is 4. The van der Waals surface area contributed by atoms with Crippen LogP contribution in [0.5, 0.6) is 0 Å². The predicted molar refractivity (Wildman–Crippen MR) is 79.1 cm³/mol. The zero-order valence-corrected chi connectivity index (χ0v) is 12.5. The van der Waals surface area contributed by atoms with Crippen molar-refractivity contribution in [1.82, 2.24) is 14.9 Å². The first-order valence-corrected chi connectivity index (χ1v) is 7.49. The number of carbonyl (C=O) groups excluding carboxylic acids is 1. The molecule has 0 spiro atoms. The molecule has 8 heteroatoms. The van der Waals surface area contributed by atoms with Crippen molar-refractivity contribution in [1.29, 1.82) is 0 Å². The lowest BCUT2D eigenvalue weighted by Gasteiger charge is -2.26. The minimum atomic E-state index is -2.64. The van der Waals surface area contributed by atoms with Crippen LogP contribution in [0, 0.1) is 6.92 Å². The van der Waals surface area contributed by atoms with Gasteiger partial charge in [-0.3, -0.25) is 14.2 Å². The van der Waals surface area contributed by atoms with Crippen LogP contribution < -0.4 is 10.9 Å². The number of hydrogen-bond donors (Lipinski definition) is 1. The van der Waals surface area contributed by atoms with Gasteiger partial charge < -0.3 is 5.32 Å². The number of nitrogens with one attached hydrogen (secondary N) is 1. The Morgan fingerprint density at radius 1 is 1.50 bits per heavy atom. The number of fused-ring (bicyclic) bond motifs is 1. The number of alkyl halides is 2. The van der Waals surface area contributed by atoms with Crippen LogP contribution in [0.4, 0.5) is 8.78 Å². The highest BCUT2D eigenvalue weighted by atomic mass is 32.1. The van der Waals surface area contributed by atoms with E-state index in [-0.39, 0.29) is 21.0 Å². The molecule has 1 amide bonds. The number of rotatable bonds is 2. The molecule has 1 unspecified atom stereocenters. The summed E-state index contributed by atoms with van der Waals surface area (Å²) in [6.45, 7) is 5.29. The normalized spacial score (nSPS) is 19.0. The van der Waals surface area contributed by atoms with Crippen LogP contribution in [0.25, 0.3) is 10.2 Å². The van der Waals surface area contributed by atoms with Crippen molar-refractivity contribution in [2.75, 3.05) is 0 Å². The van der Waals surface area contributed by atoms with E-state index in [1.54, 1.807) is 6.92 Å². The predicted octanol–water partition coefficient (Wildman–Crippen LogP) is 2.67. The van der Waals surface area contributed by atoms with Gasteiger partial charge in [0.25, 0.3) is 12.0 Å². The molecule has 0 aliphatic carbocycles. The lowest BCUT2D eigenvalue weighted by atomic mass is 10.0. The van der Waals surface area contributed by atoms with Crippen molar-refractivity contribution in [2.45, 2.75) is 32.2 Å². The van der Waals surface area contributed by atoms with Crippen molar-refractivity contribution in [3.8, 4) is 0 Å². The Kier molecular flexibility index (Phi) is 3.56. The van der Waals surface area contributed by atoms with Gasteiger partial charge in [0.05, 0.1) is 10.3 Å². The molecule has 0 radical (unpaired) electrons. The highest BCUT2D eigenvalue weighted by Gasteiger charge is 2.29. The van der Waals surface area contributed by atoms with E-state index >= 15 is 0 Å². The van der Waals surface area contributed by atoms with Gasteiger partial charge in [0.2, 0.25) is 5.91 Å². The van der Waals surface area contributed by atoms with E-state index in [4.69, 9.17) is 0 Å². The van der Waals surface area contributed by atoms with E-state index < -0.39 is 18.0 Å². The molecule has 1 aliphatic heterocycles. The Morgan fingerprint density at radius 3 is 2.86 bits per heavy atom. The number of aryl methyl sites for hydroxylation is 1. The summed E-state index contributed by atoms with van der Waals surface area (Å²) in [5, 5.41) is 2.74. The molecule has 1 fully saturated rings. The third kappa shape index (κ3) is 2.33. The number of allylic oxidation sites excluding steroid dienone is 1. The Morgan fingerprint density at radius 2 is 2.23 bits per heavy atom. The SMILES string of the molecule is C=C1CCC(n2c(C)nc3sc(C(F)F)cc3c2=O)C(=O)N1. The summed E-state index contributed by atoms with van der Waals surface area (Å²) in [4.78, 5) is 29.0. The minimum Gasteiger partial charge on any atom is -0.329 e. The molecule has 1 atom stereocenters. The van der Waals surface area contributed by atoms with Gasteiger partial charge in [-0.2, -0.15) is 0 Å². The second-order valence-corrected chi connectivity index (χ2v) is 6.21. The molecule has 1 saturated heterocycles. The number of carbonyl (C=O) groups is 1. The number of amides is 1. The summed E-state index contributed by atoms with van der Waals surface area (Å²) < 4.78 is 26.9. The number of piperidine rings is 1. The first-order valence-electron chi connectivity index (χ1n) is 6.68. The highest BCUT2D eigenvalue weighted by Crippen LogP contribution is 2.31. The molecule has 3 rings (SSSR count). The molecule has 0 saturated carbocycles. The quantitative estimate of drug-likeness (QED) is 0.923. The fraction of sp³-hybridized carbons (Fsp3) is 0.357. The zero-order valence-electron chi connectivity index (χ0n) is 11.7. The van der Waals surface area contributed by atoms with Crippen LogP contribution in [0.1, 0.15) is 36.0 Å². The maximum absolute atomic E-state index is 12.8. The van der Waals surface area contributed by atoms with Crippen LogP contribution in [0.2, 0.25) is 0 Å². The molecule has 0 aromatic carbocycles. The molecular formula is C14H13F2N3O2S. The second-order valence-electron chi connectivity index (χ2n) is 5.15. The molecule has 22 heavy (non-hydrogen) atoms. The molecule has 1 N–H and O–H groups in total. The molecule has 2 aromatic heterocycles. The summed E-state index contributed by atoms with van der Waals surface area (Å²) in [5.74, 6) is 0.0136. The molecule has 116 valence electrons. The van der Waals surface area contributed by atoms with Gasteiger partial charge >= 0.3 is 0 Å². The first kappa shape index (κ1) is 14.8. The summed E-state index contributed by atoms with van der Waals surface area (Å²) in [6.07, 6.45) is -1.65. The highest BCUT2D eigenvalue weighted by molar-refractivity contribution is 7.18. The average molecular weight is 325 g/mol. The van der Waals surface area contributed by atoms with E-state index in [1.807, 2.05) is 0 Å². The van der Waals surface area contributed by atoms with Crippen LogP contribution >= 0.6 is 11.3 Å². The van der Waals surface area contributed by atoms with E-state index in [2.05, 4.69) is 16.9 Å². The molecule has 0 bridgehead atoms. The van der Waals surface area contributed by atoms with Crippen molar-refractivity contribution >= 4 is 27.5 Å². The van der Waals surface area contributed by atoms with Gasteiger partial charge in [-0.25, -0.2) is 13.8 Å². The summed E-state index contributed by atoms with van der Waals surface area (Å²) in [7, 11) is 0. The first-order chi connectivity index (χ1) is 10.4. The molecule has 3 heterocycles. The Hall–Kier alpha value is -2.09. The Labute approximate surface area is 128 Å². The van der Waals surface area contributed by atoms with Crippen molar-refractivity contribution in [3.05, 3.63) is 39.4 Å². The largest absolute Gasteiger partial charge is 0.329 e. The van der Waals surface area contributed by atoms with E-state index in [0.717, 1.165) is 17.4 Å². The van der Waals surface area contributed by atoms with Gasteiger partial charge in [-0.15, -0.1) is 11.3 Å². The molecular weight excluding hydrogens is 312 g/mol. The monoisotopic (exact) mass is 325 g/mol. The number of thiophene rings is 1. The minimum absolute atomic E-state index is 0.128. The van der Waals surface area contributed by atoms with Crippen molar-refractivity contribution in [3.63, 3.8) is 0 Å². The zero-order chi connectivity index (χ0) is 16.0. The van der Waals surface area contributed by atoms with Crippen molar-refractivity contribution in [2.24, 2.45) is 0 Å². The van der Waals surface area contributed by atoms with Crippen LogP contribution in [-0.2, 0) is 4.79 Å². The third-order valence-corrected chi connectivity index (χ3v) is 4.68. The maximum Gasteiger partial charge on any atom is 0.272 e. The molecule has 1 aliphatic rings. The number of halogens is 2. The van der Waals surface area contributed by atoms with E-state index in [1.165, 1.54) is 4.57 Å². The van der Waals surface area contributed by atoms with Gasteiger partial charge in [-0.1, -0.05) is 6.58 Å². The fourth-order valence-electron chi connectivity index (χ4n) is 2.60. The fourth-order valence-corrected chi connectivity index (χ4v) is 3.52. The molecule has 2 aromatic rings. The average Bonchev–Trinajstić information content (AvgIpc) is 2.85. The van der Waals surface area contributed by atoms with Gasteiger partial charge in [0, 0.05) is 5.70 Å². The standard InChI is InChI=1S/C14H13F2N3O2S/c1-6-3-4-9(12(20)17-6)19-7(2)18-13-8(14(19)21)5-10(22-13)11(15)16/h5,9,11H,1,3-4H2,2H3,(H,17,20). The summed E-state index contributed by atoms with van der Waals surface area (Å²) in [5.41, 5.74) is 0.148. The van der Waals surface area contributed by atoms with Crippen LogP contribution in [0.15, 0.2) is 23.1 Å². The topological polar surface area (TPSA) is 64.0 Å². The Balaban J connectivity index is 2.16. The third-order valence-electron chi connectivity index (χ3n) is 3.64. The maximum atomic E-state index is 12.8. The number of nitrogens with zero attached hydrogens (tertiary/aromatic N) is 2. The second kappa shape index (κ2) is 5.28. The van der Waals surface area contributed by atoms with Crippen LogP contribution in [-0.4, -0.2) is 15.5 Å². The number of aromatic nitrogens is 2. The lowest BCUT2D eigenvalue weighted by Crippen LogP contribution is -2.41. The van der Waals surface area contributed by atoms with Gasteiger partial charge in [0.1, 0.15) is 16.7 Å². The molecule has 5 nitrogen and oxygen atoms in total. The summed E-state index contributed by atoms with van der Waals surface area (Å²) in [6, 6.07) is 0.472.